The minimum absolute atomic E-state index is 0.0540. The van der Waals surface area contributed by atoms with E-state index >= 15 is 0 Å². The van der Waals surface area contributed by atoms with Gasteiger partial charge in [-0.3, -0.25) is 0 Å². The number of hydrogen-bond acceptors (Lipinski definition) is 8. The molecule has 14 heteroatoms. The summed E-state index contributed by atoms with van der Waals surface area (Å²) < 4.78 is 93.0. The molecule has 4 aromatic carbocycles. The first-order valence-electron chi connectivity index (χ1n) is 19.8. The summed E-state index contributed by atoms with van der Waals surface area (Å²) in [6, 6.07) is 33.3. The molecule has 0 spiro atoms. The molecule has 61 heavy (non-hydrogen) atoms. The highest BCUT2D eigenvalue weighted by Crippen LogP contribution is 2.40. The number of benzene rings is 4. The van der Waals surface area contributed by atoms with Gasteiger partial charge in [0.05, 0.1) is 0 Å². The van der Waals surface area contributed by atoms with E-state index in [0.29, 0.717) is 11.4 Å². The molecule has 0 saturated carbocycles. The highest BCUT2D eigenvalue weighted by molar-refractivity contribution is 5.66. The van der Waals surface area contributed by atoms with Gasteiger partial charge in [-0.25, -0.2) is 9.97 Å². The number of halogens is 6. The SMILES string of the molecule is CCCCCc1ccccc1N(C)c1nc(OCc2ccccc2)ncc1C(F)(F)F.CN(c1ccc(C(C)(C)C)cc1)c1nc(OCc2ccccc2)ncc1C(F)(F)F. The lowest BCUT2D eigenvalue weighted by atomic mass is 9.87. The molecule has 322 valence electrons. The van der Waals surface area contributed by atoms with E-state index in [0.717, 1.165) is 60.3 Å². The molecule has 0 aliphatic heterocycles. The van der Waals surface area contributed by atoms with Gasteiger partial charge in [0.2, 0.25) is 0 Å². The Bertz CT molecular complexity index is 2280. The Kier molecular flexibility index (Phi) is 15.3. The van der Waals surface area contributed by atoms with Crippen LogP contribution in [0.5, 0.6) is 12.0 Å². The van der Waals surface area contributed by atoms with Gasteiger partial charge in [-0.15, -0.1) is 0 Å². The first kappa shape index (κ1) is 45.9. The van der Waals surface area contributed by atoms with Crippen LogP contribution in [0, 0.1) is 0 Å². The lowest BCUT2D eigenvalue weighted by molar-refractivity contribution is -0.138. The number of para-hydroxylation sites is 1. The number of anilines is 4. The van der Waals surface area contributed by atoms with Gasteiger partial charge in [0.25, 0.3) is 0 Å². The number of nitrogens with zero attached hydrogens (tertiary/aromatic N) is 6. The van der Waals surface area contributed by atoms with Gasteiger partial charge in [-0.1, -0.05) is 132 Å². The Morgan fingerprint density at radius 2 is 1.02 bits per heavy atom. The number of hydrogen-bond donors (Lipinski definition) is 0. The molecule has 0 saturated heterocycles. The van der Waals surface area contributed by atoms with E-state index in [-0.39, 0.29) is 42.3 Å². The molecule has 0 unspecified atom stereocenters. The van der Waals surface area contributed by atoms with Gasteiger partial charge in [0.15, 0.2) is 11.6 Å². The molecule has 2 aromatic heterocycles. The van der Waals surface area contributed by atoms with Crippen LogP contribution in [-0.2, 0) is 37.4 Å². The molecule has 0 atom stereocenters. The second-order valence-corrected chi connectivity index (χ2v) is 15.3. The summed E-state index contributed by atoms with van der Waals surface area (Å²) in [6.07, 6.45) is -3.71. The predicted octanol–water partition coefficient (Wildman–Crippen LogP) is 12.7. The van der Waals surface area contributed by atoms with Crippen LogP contribution in [0.15, 0.2) is 122 Å². The van der Waals surface area contributed by atoms with E-state index in [9.17, 15) is 26.3 Å². The summed E-state index contributed by atoms with van der Waals surface area (Å²) in [5.41, 5.74) is 3.22. The average Bonchev–Trinajstić information content (AvgIpc) is 3.24. The molecule has 0 aliphatic rings. The van der Waals surface area contributed by atoms with Crippen molar-refractivity contribution in [2.24, 2.45) is 0 Å². The van der Waals surface area contributed by atoms with E-state index in [1.807, 2.05) is 97.1 Å². The third-order valence-corrected chi connectivity index (χ3v) is 9.68. The summed E-state index contributed by atoms with van der Waals surface area (Å²) in [4.78, 5) is 18.6. The third-order valence-electron chi connectivity index (χ3n) is 9.68. The average molecular weight is 845 g/mol. The fraction of sp³-hybridized carbons (Fsp3) is 0.319. The van der Waals surface area contributed by atoms with Crippen LogP contribution in [0.25, 0.3) is 0 Å². The van der Waals surface area contributed by atoms with Crippen LogP contribution in [0.4, 0.5) is 49.4 Å². The third kappa shape index (κ3) is 12.9. The van der Waals surface area contributed by atoms with Crippen LogP contribution in [0.2, 0.25) is 0 Å². The van der Waals surface area contributed by atoms with Crippen LogP contribution in [0.3, 0.4) is 0 Å². The molecule has 8 nitrogen and oxygen atoms in total. The summed E-state index contributed by atoms with van der Waals surface area (Å²) >= 11 is 0. The highest BCUT2D eigenvalue weighted by atomic mass is 19.4. The Morgan fingerprint density at radius 1 is 0.557 bits per heavy atom. The molecule has 0 bridgehead atoms. The molecule has 2 heterocycles. The zero-order chi connectivity index (χ0) is 44.2. The van der Waals surface area contributed by atoms with E-state index in [2.05, 4.69) is 47.6 Å². The van der Waals surface area contributed by atoms with Crippen molar-refractivity contribution in [2.75, 3.05) is 23.9 Å². The standard InChI is InChI=1S/C24H26F3N3O.C23H24F3N3O/c1-3-4-6-13-19-14-9-10-15-21(19)30(2)22-20(24(25,26)27)16-28-23(29-22)31-17-18-11-7-5-8-12-18;1-22(2,3)17-10-12-18(13-11-17)29(4)20-19(23(24,25)26)14-27-21(28-20)30-15-16-8-6-5-7-9-16/h5,7-12,14-16H,3-4,6,13,17H2,1-2H3;5-14H,15H2,1-4H3. The highest BCUT2D eigenvalue weighted by Gasteiger charge is 2.38. The minimum Gasteiger partial charge on any atom is -0.459 e. The van der Waals surface area contributed by atoms with Crippen LogP contribution >= 0.6 is 0 Å². The van der Waals surface area contributed by atoms with Crippen molar-refractivity contribution in [3.05, 3.63) is 155 Å². The predicted molar refractivity (Wildman–Crippen MR) is 227 cm³/mol. The molecule has 0 aliphatic carbocycles. The molecular weight excluding hydrogens is 795 g/mol. The number of aryl methyl sites for hydroxylation is 1. The van der Waals surface area contributed by atoms with E-state index in [1.54, 1.807) is 26.2 Å². The molecule has 6 aromatic rings. The number of rotatable bonds is 14. The van der Waals surface area contributed by atoms with Crippen LogP contribution < -0.4 is 19.3 Å². The smallest absolute Gasteiger partial charge is 0.421 e. The zero-order valence-electron chi connectivity index (χ0n) is 35.1. The monoisotopic (exact) mass is 844 g/mol. The van der Waals surface area contributed by atoms with Crippen molar-refractivity contribution in [3.8, 4) is 12.0 Å². The maximum atomic E-state index is 13.7. The summed E-state index contributed by atoms with van der Waals surface area (Å²) in [5, 5.41) is 0. The lowest BCUT2D eigenvalue weighted by Crippen LogP contribution is -2.20. The second kappa shape index (κ2) is 20.4. The lowest BCUT2D eigenvalue weighted by Gasteiger charge is -2.25. The van der Waals surface area contributed by atoms with Gasteiger partial charge in [0.1, 0.15) is 24.3 Å². The fourth-order valence-electron chi connectivity index (χ4n) is 6.25. The van der Waals surface area contributed by atoms with Crippen molar-refractivity contribution in [2.45, 2.75) is 84.4 Å². The topological polar surface area (TPSA) is 76.5 Å². The number of aromatic nitrogens is 4. The van der Waals surface area contributed by atoms with Crippen molar-refractivity contribution in [3.63, 3.8) is 0 Å². The summed E-state index contributed by atoms with van der Waals surface area (Å²) in [5.74, 6) is -0.488. The minimum atomic E-state index is -4.59. The van der Waals surface area contributed by atoms with E-state index < -0.39 is 23.5 Å². The molecule has 0 fully saturated rings. The maximum Gasteiger partial charge on any atom is 0.421 e. The largest absolute Gasteiger partial charge is 0.459 e. The van der Waals surface area contributed by atoms with Gasteiger partial charge in [-0.2, -0.15) is 36.3 Å². The second-order valence-electron chi connectivity index (χ2n) is 15.3. The van der Waals surface area contributed by atoms with E-state index in [1.165, 1.54) is 9.80 Å². The quantitative estimate of drug-likeness (QED) is 0.0793. The Morgan fingerprint density at radius 3 is 1.48 bits per heavy atom. The maximum absolute atomic E-state index is 13.7. The number of ether oxygens (including phenoxy) is 2. The number of unbranched alkanes of at least 4 members (excludes halogenated alkanes) is 2. The van der Waals surface area contributed by atoms with Crippen molar-refractivity contribution in [1.82, 2.24) is 19.9 Å². The van der Waals surface area contributed by atoms with Gasteiger partial charge in [0, 0.05) is 37.9 Å². The molecule has 0 N–H and O–H groups in total. The normalized spacial score (nSPS) is 11.7. The van der Waals surface area contributed by atoms with Gasteiger partial charge in [-0.05, 0) is 58.7 Å². The number of alkyl halides is 6. The Balaban J connectivity index is 0.000000231. The van der Waals surface area contributed by atoms with E-state index in [4.69, 9.17) is 9.47 Å². The summed E-state index contributed by atoms with van der Waals surface area (Å²) in [7, 11) is 3.14. The summed E-state index contributed by atoms with van der Waals surface area (Å²) in [6.45, 7) is 8.68. The van der Waals surface area contributed by atoms with Crippen LogP contribution in [-0.4, -0.2) is 34.0 Å². The zero-order valence-corrected chi connectivity index (χ0v) is 35.1. The van der Waals surface area contributed by atoms with Crippen molar-refractivity contribution < 1.29 is 35.8 Å². The van der Waals surface area contributed by atoms with Crippen molar-refractivity contribution in [1.29, 1.82) is 0 Å². The Hall–Kier alpha value is -6.18. The van der Waals surface area contributed by atoms with Crippen molar-refractivity contribution >= 4 is 23.0 Å². The molecule has 0 radical (unpaired) electrons. The molecule has 0 amide bonds. The van der Waals surface area contributed by atoms with Gasteiger partial charge < -0.3 is 19.3 Å². The molecular formula is C47H50F6N6O2. The van der Waals surface area contributed by atoms with Crippen LogP contribution in [0.1, 0.15) is 80.3 Å². The fourth-order valence-corrected chi connectivity index (χ4v) is 6.25. The molecule has 6 rings (SSSR count). The first-order chi connectivity index (χ1) is 29.0. The Labute approximate surface area is 353 Å². The van der Waals surface area contributed by atoms with Gasteiger partial charge >= 0.3 is 24.4 Å². The first-order valence-corrected chi connectivity index (χ1v) is 19.8.